The molecular weight excluding hydrogens is 1150 g/mol. The number of aromatic nitrogens is 8. The van der Waals surface area contributed by atoms with Crippen molar-refractivity contribution in [1.82, 2.24) is 40.8 Å². The van der Waals surface area contributed by atoms with Gasteiger partial charge < -0.3 is 60.7 Å². The molecule has 16 nitrogen and oxygen atoms in total. The maximum Gasteiger partial charge on any atom is 4.00 e. The largest absolute Gasteiger partial charge is 4.00 e. The molecule has 460 valence electrons. The molecule has 0 saturated carbocycles. The summed E-state index contributed by atoms with van der Waals surface area (Å²) in [6.07, 6.45) is 22.1. The van der Waals surface area contributed by atoms with Crippen LogP contribution in [-0.4, -0.2) is 91.9 Å². The van der Waals surface area contributed by atoms with Crippen molar-refractivity contribution < 1.29 is 83.8 Å². The van der Waals surface area contributed by atoms with Gasteiger partial charge in [0.05, 0.1) is 63.7 Å². The second-order valence-corrected chi connectivity index (χ2v) is 21.8. The molecule has 0 saturated heterocycles. The number of aromatic amines is 2. The standard InChI is InChI=1S/2C18H13N4O2.2C16H36N.2O.2Ti/c2*23-17-7-3-1-5-11(17)13-9-15(21-19-13)16-10-14(20-22-16)12-6-2-4-8-18(12)24;2*1-5-9-13-17(14-10-6-2,15-11-7-3)16-12-8-4;;;;/h2*1-10H,(H3-,19,20,21,22,23,24);2*5-16H2,1-4H3;;;;/q2*-1;2*+1;2*-2;2*+4/p-4. The van der Waals surface area contributed by atoms with Crippen LogP contribution in [0.15, 0.2) is 121 Å². The Balaban J connectivity index is 0.000000574. The molecule has 2 N–H and O–H groups in total. The molecule has 0 aliphatic rings. The van der Waals surface area contributed by atoms with Crippen LogP contribution in [0.5, 0.6) is 23.0 Å². The van der Waals surface area contributed by atoms with Gasteiger partial charge in [0.2, 0.25) is 0 Å². The topological polar surface area (TPSA) is 261 Å². The average Bonchev–Trinajstić information content (AvgIpc) is 3.88. The second kappa shape index (κ2) is 42.9. The molecule has 0 atom stereocenters. The molecule has 0 radical (unpaired) electrons. The Kier molecular flexibility index (Phi) is 39.0. The van der Waals surface area contributed by atoms with Gasteiger partial charge in [0.25, 0.3) is 0 Å². The number of hydrogen-bond acceptors (Lipinski definition) is 8. The molecule has 8 rings (SSSR count). The number of hydrogen-bond donors (Lipinski definition) is 2. The molecule has 0 amide bonds. The van der Waals surface area contributed by atoms with Crippen LogP contribution in [0.2, 0.25) is 0 Å². The summed E-state index contributed by atoms with van der Waals surface area (Å²) >= 11 is 0. The molecule has 0 aliphatic heterocycles. The number of nitrogens with one attached hydrogen (secondary N) is 2. The van der Waals surface area contributed by atoms with E-state index >= 15 is 0 Å². The van der Waals surface area contributed by atoms with Gasteiger partial charge >= 0.3 is 43.4 Å². The van der Waals surface area contributed by atoms with Gasteiger partial charge in [-0.15, -0.1) is 0 Å². The first-order valence-corrected chi connectivity index (χ1v) is 30.8. The van der Waals surface area contributed by atoms with Crippen molar-refractivity contribution >= 4 is 0 Å². The van der Waals surface area contributed by atoms with E-state index in [1.54, 1.807) is 97.1 Å². The van der Waals surface area contributed by atoms with E-state index in [-0.39, 0.29) is 77.4 Å². The summed E-state index contributed by atoms with van der Waals surface area (Å²) in [5.41, 5.74) is 6.55. The molecule has 4 heterocycles. The number of quaternary nitrogens is 2. The van der Waals surface area contributed by atoms with Gasteiger partial charge in [-0.3, -0.25) is 10.2 Å². The first-order chi connectivity index (χ1) is 39.9. The van der Waals surface area contributed by atoms with Gasteiger partial charge in [0, 0.05) is 22.8 Å². The number of nitrogens with zero attached hydrogens (tertiary/aromatic N) is 8. The fraction of sp³-hybridized carbons (Fsp3) is 0.471. The van der Waals surface area contributed by atoms with Crippen molar-refractivity contribution in [2.24, 2.45) is 0 Å². The van der Waals surface area contributed by atoms with E-state index in [0.29, 0.717) is 67.8 Å². The minimum atomic E-state index is -0.102. The van der Waals surface area contributed by atoms with Crippen LogP contribution in [0.3, 0.4) is 0 Å². The van der Waals surface area contributed by atoms with Gasteiger partial charge in [-0.1, -0.05) is 238 Å². The smallest absolute Gasteiger partial charge is 2.00 e. The van der Waals surface area contributed by atoms with Crippen LogP contribution in [-0.2, 0) is 54.4 Å². The third-order valence-electron chi connectivity index (χ3n) is 15.3. The third-order valence-corrected chi connectivity index (χ3v) is 15.3. The van der Waals surface area contributed by atoms with E-state index in [2.05, 4.69) is 96.2 Å². The zero-order valence-electron chi connectivity index (χ0n) is 52.5. The Hall–Kier alpha value is -5.81. The number of para-hydroxylation sites is 4. The van der Waals surface area contributed by atoms with Crippen LogP contribution in [0.4, 0.5) is 0 Å². The number of rotatable bonds is 30. The fourth-order valence-corrected chi connectivity index (χ4v) is 10.3. The normalized spacial score (nSPS) is 10.8. The minimum Gasteiger partial charge on any atom is -2.00 e. The summed E-state index contributed by atoms with van der Waals surface area (Å²) in [6, 6.07) is 33.6. The zero-order valence-corrected chi connectivity index (χ0v) is 55.7. The maximum atomic E-state index is 11.9. The Morgan fingerprint density at radius 2 is 0.558 bits per heavy atom. The average molecular weight is 1240 g/mol. The minimum absolute atomic E-state index is 0. The van der Waals surface area contributed by atoms with Crippen LogP contribution in [0, 0.1) is 0 Å². The van der Waals surface area contributed by atoms with Gasteiger partial charge in [0.1, 0.15) is 0 Å². The molecular formula is C68H94N10O6Ti2. The van der Waals surface area contributed by atoms with Crippen LogP contribution < -0.4 is 30.6 Å². The van der Waals surface area contributed by atoms with Crippen molar-refractivity contribution in [1.29, 1.82) is 0 Å². The SMILES string of the molecule is CCCC[N+](CCCC)(CCCC)CCCC.CCCC[N+](CCCC)(CCCC)CCCC.[O-2].[O-2].[O-]c1ccccc1-c1cc(-c2cc(-c3ccccc3[O-])n[nH]2)[n-]n1.[O-]c1ccccc1-c1cc(-c2cc(-c3ccccc3[O-])n[nH]2)[n-]n1.[Ti+4].[Ti+4]. The summed E-state index contributed by atoms with van der Waals surface area (Å²) in [4.78, 5) is 0. The van der Waals surface area contributed by atoms with E-state index in [9.17, 15) is 20.4 Å². The van der Waals surface area contributed by atoms with Gasteiger partial charge in [-0.05, 0) is 97.9 Å². The second-order valence-electron chi connectivity index (χ2n) is 21.8. The van der Waals surface area contributed by atoms with Crippen molar-refractivity contribution in [2.45, 2.75) is 158 Å². The summed E-state index contributed by atoms with van der Waals surface area (Å²) in [5.74, 6) is -0.390. The van der Waals surface area contributed by atoms with E-state index in [4.69, 9.17) is 0 Å². The van der Waals surface area contributed by atoms with E-state index in [1.165, 1.54) is 188 Å². The van der Waals surface area contributed by atoms with Crippen molar-refractivity contribution in [3.05, 3.63) is 121 Å². The monoisotopic (exact) mass is 1240 g/mol. The summed E-state index contributed by atoms with van der Waals surface area (Å²) < 4.78 is 2.84. The third kappa shape index (κ3) is 24.4. The molecule has 8 aromatic rings. The molecule has 0 unspecified atom stereocenters. The number of benzene rings is 4. The van der Waals surface area contributed by atoms with Crippen LogP contribution in [0.25, 0.3) is 67.8 Å². The molecule has 0 aliphatic carbocycles. The van der Waals surface area contributed by atoms with Crippen LogP contribution >= 0.6 is 0 Å². The molecule has 18 heteroatoms. The zero-order chi connectivity index (χ0) is 59.0. The summed E-state index contributed by atoms with van der Waals surface area (Å²) in [7, 11) is 0. The molecule has 0 spiro atoms. The fourth-order valence-electron chi connectivity index (χ4n) is 10.3. The Morgan fingerprint density at radius 3 is 0.779 bits per heavy atom. The summed E-state index contributed by atoms with van der Waals surface area (Å²) in [6.45, 7) is 30.0. The number of H-pyrrole nitrogens is 2. The Labute approximate surface area is 543 Å². The van der Waals surface area contributed by atoms with Crippen molar-refractivity contribution in [2.75, 3.05) is 52.4 Å². The van der Waals surface area contributed by atoms with E-state index < -0.39 is 0 Å². The predicted molar refractivity (Wildman–Crippen MR) is 330 cm³/mol. The molecule has 86 heavy (non-hydrogen) atoms. The van der Waals surface area contributed by atoms with E-state index in [1.807, 2.05) is 0 Å². The number of unbranched alkanes of at least 4 members (excludes halogenated alkanes) is 8. The first kappa shape index (κ1) is 78.2. The van der Waals surface area contributed by atoms with Gasteiger partial charge in [0.15, 0.2) is 0 Å². The quantitative estimate of drug-likeness (QED) is 0.0318. The first-order valence-electron chi connectivity index (χ1n) is 30.8. The maximum absolute atomic E-state index is 11.9. The van der Waals surface area contributed by atoms with Crippen LogP contribution in [0.1, 0.15) is 158 Å². The van der Waals surface area contributed by atoms with Crippen molar-refractivity contribution in [3.8, 4) is 90.8 Å². The van der Waals surface area contributed by atoms with Gasteiger partial charge in [-0.25, -0.2) is 0 Å². The van der Waals surface area contributed by atoms with Crippen molar-refractivity contribution in [3.63, 3.8) is 0 Å². The Morgan fingerprint density at radius 1 is 0.337 bits per heavy atom. The van der Waals surface area contributed by atoms with E-state index in [0.717, 1.165) is 0 Å². The molecule has 0 fully saturated rings. The predicted octanol–water partition coefficient (Wildman–Crippen LogP) is 13.6. The molecule has 4 aromatic carbocycles. The van der Waals surface area contributed by atoms with Gasteiger partial charge in [-0.2, -0.15) is 10.2 Å². The summed E-state index contributed by atoms with van der Waals surface area (Å²) in [5, 5.41) is 77.9. The Bertz CT molecular complexity index is 2570. The molecule has 0 bridgehead atoms. The molecule has 4 aromatic heterocycles.